The highest BCUT2D eigenvalue weighted by Crippen LogP contribution is 2.43. The molecule has 0 aliphatic carbocycles. The Labute approximate surface area is 404 Å². The highest BCUT2D eigenvalue weighted by Gasteiger charge is 2.19. The first-order valence-electron chi connectivity index (χ1n) is 22.6. The minimum absolute atomic E-state index is 0.0266. The lowest BCUT2D eigenvalue weighted by Crippen LogP contribution is -2.04. The molecule has 0 bridgehead atoms. The van der Waals surface area contributed by atoms with Crippen molar-refractivity contribution in [2.75, 3.05) is 0 Å². The van der Waals surface area contributed by atoms with Gasteiger partial charge in [0.25, 0.3) is 0 Å². The number of phenolic OH excluding ortho intramolecular Hbond substituents is 3. The summed E-state index contributed by atoms with van der Waals surface area (Å²) < 4.78 is 4.14. The van der Waals surface area contributed by atoms with Gasteiger partial charge in [-0.1, -0.05) is 54.6 Å². The van der Waals surface area contributed by atoms with E-state index in [1.165, 1.54) is 0 Å². The molecule has 71 heavy (non-hydrogen) atoms. The number of pyridine rings is 4. The molecule has 0 aliphatic rings. The average molecular weight is 927 g/mol. The van der Waals surface area contributed by atoms with E-state index in [4.69, 9.17) is 15.0 Å². The first kappa shape index (κ1) is 42.3. The number of aromatic hydroxyl groups is 3. The Bertz CT molecular complexity index is 4030. The molecule has 15 nitrogen and oxygen atoms in total. The van der Waals surface area contributed by atoms with Gasteiger partial charge in [0.15, 0.2) is 11.6 Å². The molecule has 0 unspecified atom stereocenters. The summed E-state index contributed by atoms with van der Waals surface area (Å²) in [5, 5.41) is 54.1. The Morgan fingerprint density at radius 1 is 0.437 bits per heavy atom. The number of imidazole rings is 2. The number of benzene rings is 6. The van der Waals surface area contributed by atoms with Gasteiger partial charge in [-0.15, -0.1) is 10.2 Å². The molecule has 6 heterocycles. The maximum atomic E-state index is 11.2. The van der Waals surface area contributed by atoms with E-state index in [1.54, 1.807) is 55.1 Å². The van der Waals surface area contributed by atoms with Crippen LogP contribution in [0.4, 0.5) is 22.7 Å². The summed E-state index contributed by atoms with van der Waals surface area (Å²) >= 11 is 0. The third-order valence-corrected chi connectivity index (χ3v) is 12.2. The van der Waals surface area contributed by atoms with Gasteiger partial charge < -0.3 is 24.5 Å². The molecule has 12 aromatic rings. The number of nitrogens with zero attached hydrogens (tertiary/aromatic N) is 12. The van der Waals surface area contributed by atoms with Gasteiger partial charge in [-0.2, -0.15) is 10.2 Å². The molecule has 15 heteroatoms. The highest BCUT2D eigenvalue weighted by atomic mass is 16.3. The molecule has 0 spiro atoms. The van der Waals surface area contributed by atoms with Crippen molar-refractivity contribution in [1.29, 1.82) is 0 Å². The number of hydrogen-bond acceptors (Lipinski definition) is 13. The van der Waals surface area contributed by atoms with Crippen LogP contribution < -0.4 is 0 Å². The van der Waals surface area contributed by atoms with E-state index in [9.17, 15) is 15.3 Å². The first-order valence-corrected chi connectivity index (χ1v) is 22.6. The molecular formula is C56H38N12O3. The van der Waals surface area contributed by atoms with E-state index in [0.29, 0.717) is 80.4 Å². The van der Waals surface area contributed by atoms with E-state index in [2.05, 4.69) is 44.5 Å². The van der Waals surface area contributed by atoms with E-state index >= 15 is 0 Å². The minimum Gasteiger partial charge on any atom is -0.508 e. The van der Waals surface area contributed by atoms with Gasteiger partial charge in [-0.05, 0) is 126 Å². The SMILES string of the molecule is Oc1cc(-c2ccc(-c3nc4cc(/N=N/c5c(O)ccc6ccccc56)ccc4n3Cc3ccccn3)nc2)c2ccc(O)c(/N=N/c3ccc4c(c3)nc(-c3ccccn3)n4Cc3ccccn3)c2c1. The molecule has 340 valence electrons. The van der Waals surface area contributed by atoms with Crippen LogP contribution in [-0.4, -0.2) is 54.4 Å². The normalized spacial score (nSPS) is 11.8. The lowest BCUT2D eigenvalue weighted by molar-refractivity contribution is 0.475. The molecule has 0 atom stereocenters. The summed E-state index contributed by atoms with van der Waals surface area (Å²) in [6, 6.07) is 50.2. The van der Waals surface area contributed by atoms with Crippen LogP contribution in [0.2, 0.25) is 0 Å². The number of fused-ring (bicyclic) bond motifs is 4. The Balaban J connectivity index is 0.875. The molecule has 0 aliphatic heterocycles. The van der Waals surface area contributed by atoms with Gasteiger partial charge in [0, 0.05) is 41.1 Å². The van der Waals surface area contributed by atoms with Gasteiger partial charge in [0.1, 0.15) is 40.0 Å². The van der Waals surface area contributed by atoms with Gasteiger partial charge in [0.05, 0.1) is 57.9 Å². The van der Waals surface area contributed by atoms with Crippen LogP contribution in [0.5, 0.6) is 17.2 Å². The molecular weight excluding hydrogens is 889 g/mol. The fraction of sp³-hybridized carbons (Fsp3) is 0.0357. The summed E-state index contributed by atoms with van der Waals surface area (Å²) in [6.45, 7) is 0.913. The van der Waals surface area contributed by atoms with Crippen molar-refractivity contribution >= 4 is 66.4 Å². The van der Waals surface area contributed by atoms with Crippen molar-refractivity contribution in [3.63, 3.8) is 0 Å². The maximum absolute atomic E-state index is 11.2. The number of azo groups is 2. The lowest BCUT2D eigenvalue weighted by atomic mass is 9.97. The highest BCUT2D eigenvalue weighted by molar-refractivity contribution is 6.05. The standard InChI is InChI=1S/C56H38N12O3/c69-40-29-43(42-18-23-52(71)54(44(42)30-40)66-64-37-17-20-49-47(28-37)61-55(45-13-5-8-26-59-45)67(49)32-38-10-3-6-24-57-38)35-14-19-46(60-31-35)56-62-48-27-36(16-21-50(48)68(56)33-39-11-4-7-25-58-39)63-65-53-41-12-2-1-9-34(41)15-22-51(53)70/h1-31,69-71H,32-33H2/b65-63+,66-64+. The van der Waals surface area contributed by atoms with E-state index in [0.717, 1.165) is 38.9 Å². The van der Waals surface area contributed by atoms with Gasteiger partial charge in [0.2, 0.25) is 0 Å². The fourth-order valence-corrected chi connectivity index (χ4v) is 8.86. The largest absolute Gasteiger partial charge is 0.508 e. The van der Waals surface area contributed by atoms with Crippen LogP contribution in [0.25, 0.3) is 77.8 Å². The summed E-state index contributed by atoms with van der Waals surface area (Å²) in [6.07, 6.45) is 7.00. The van der Waals surface area contributed by atoms with Crippen molar-refractivity contribution in [1.82, 2.24) is 39.0 Å². The van der Waals surface area contributed by atoms with Gasteiger partial charge >= 0.3 is 0 Å². The second-order valence-corrected chi connectivity index (χ2v) is 16.8. The fourth-order valence-electron chi connectivity index (χ4n) is 8.86. The molecule has 0 radical (unpaired) electrons. The lowest BCUT2D eigenvalue weighted by Gasteiger charge is -2.12. The Hall–Kier alpha value is -10.0. The molecule has 0 amide bonds. The van der Waals surface area contributed by atoms with E-state index in [1.807, 2.05) is 133 Å². The minimum atomic E-state index is -0.104. The summed E-state index contributed by atoms with van der Waals surface area (Å²) in [4.78, 5) is 28.7. The van der Waals surface area contributed by atoms with Crippen LogP contribution in [-0.2, 0) is 13.1 Å². The molecule has 12 rings (SSSR count). The number of hydrogen-bond donors (Lipinski definition) is 3. The topological polar surface area (TPSA) is 197 Å². The van der Waals surface area contributed by atoms with Crippen molar-refractivity contribution in [3.05, 3.63) is 200 Å². The van der Waals surface area contributed by atoms with Gasteiger partial charge in [-0.3, -0.25) is 19.9 Å². The zero-order valence-electron chi connectivity index (χ0n) is 37.5. The van der Waals surface area contributed by atoms with Crippen molar-refractivity contribution in [3.8, 4) is 51.4 Å². The molecule has 0 saturated carbocycles. The van der Waals surface area contributed by atoms with Crippen LogP contribution in [0.15, 0.2) is 209 Å². The van der Waals surface area contributed by atoms with Crippen molar-refractivity contribution < 1.29 is 15.3 Å². The summed E-state index contributed by atoms with van der Waals surface area (Å²) in [5.74, 6) is 1.21. The van der Waals surface area contributed by atoms with E-state index in [-0.39, 0.29) is 22.9 Å². The van der Waals surface area contributed by atoms with Crippen molar-refractivity contribution in [2.24, 2.45) is 20.5 Å². The predicted molar refractivity (Wildman–Crippen MR) is 273 cm³/mol. The smallest absolute Gasteiger partial charge is 0.160 e. The Kier molecular flexibility index (Phi) is 10.7. The van der Waals surface area contributed by atoms with Gasteiger partial charge in [-0.25, -0.2) is 9.97 Å². The molecule has 6 aromatic heterocycles. The zero-order valence-corrected chi connectivity index (χ0v) is 37.5. The molecule has 0 fully saturated rings. The first-order chi connectivity index (χ1) is 34.9. The summed E-state index contributed by atoms with van der Waals surface area (Å²) in [5.41, 5.74) is 9.15. The monoisotopic (exact) mass is 926 g/mol. The Morgan fingerprint density at radius 3 is 1.61 bits per heavy atom. The third-order valence-electron chi connectivity index (χ3n) is 12.2. The second kappa shape index (κ2) is 17.9. The molecule has 0 saturated heterocycles. The predicted octanol–water partition coefficient (Wildman–Crippen LogP) is 13.3. The van der Waals surface area contributed by atoms with Crippen LogP contribution in [0.3, 0.4) is 0 Å². The quantitative estimate of drug-likeness (QED) is 0.106. The number of rotatable bonds is 11. The average Bonchev–Trinajstić information content (AvgIpc) is 3.95. The Morgan fingerprint density at radius 2 is 1.01 bits per heavy atom. The number of aromatic nitrogens is 8. The van der Waals surface area contributed by atoms with Crippen LogP contribution >= 0.6 is 0 Å². The zero-order chi connectivity index (χ0) is 47.8. The second-order valence-electron chi connectivity index (χ2n) is 16.8. The van der Waals surface area contributed by atoms with Crippen LogP contribution in [0, 0.1) is 0 Å². The van der Waals surface area contributed by atoms with Crippen LogP contribution in [0.1, 0.15) is 11.4 Å². The molecule has 3 N–H and O–H groups in total. The molecule has 6 aromatic carbocycles. The summed E-state index contributed by atoms with van der Waals surface area (Å²) in [7, 11) is 0. The van der Waals surface area contributed by atoms with E-state index < -0.39 is 0 Å². The third kappa shape index (κ3) is 8.18. The number of phenols is 3. The maximum Gasteiger partial charge on any atom is 0.160 e. The van der Waals surface area contributed by atoms with Crippen molar-refractivity contribution in [2.45, 2.75) is 13.1 Å².